The van der Waals surface area contributed by atoms with Crippen LogP contribution in [0.1, 0.15) is 6.42 Å². The van der Waals surface area contributed by atoms with Gasteiger partial charge in [-0.25, -0.2) is 0 Å². The van der Waals surface area contributed by atoms with Crippen molar-refractivity contribution in [3.63, 3.8) is 0 Å². The minimum absolute atomic E-state index is 0.174. The molecule has 0 bridgehead atoms. The fourth-order valence-electron chi connectivity index (χ4n) is 1.51. The summed E-state index contributed by atoms with van der Waals surface area (Å²) in [5, 5.41) is 11.0. The monoisotopic (exact) mass is 202 g/mol. The van der Waals surface area contributed by atoms with Crippen molar-refractivity contribution in [2.75, 3.05) is 13.2 Å². The highest BCUT2D eigenvalue weighted by Gasteiger charge is 1.96. The average Bonchev–Trinajstić information content (AvgIpc) is 2.29. The first kappa shape index (κ1) is 9.99. The lowest BCUT2D eigenvalue weighted by Gasteiger charge is -2.06. The van der Waals surface area contributed by atoms with Crippen LogP contribution in [0, 0.1) is 0 Å². The van der Waals surface area contributed by atoms with Gasteiger partial charge in [0.05, 0.1) is 6.61 Å². The molecule has 0 radical (unpaired) electrons. The van der Waals surface area contributed by atoms with Gasteiger partial charge in [-0.2, -0.15) is 0 Å². The van der Waals surface area contributed by atoms with E-state index in [-0.39, 0.29) is 6.61 Å². The lowest BCUT2D eigenvalue weighted by Crippen LogP contribution is -1.99. The third-order valence-electron chi connectivity index (χ3n) is 2.29. The molecule has 0 atom stereocenters. The van der Waals surface area contributed by atoms with Gasteiger partial charge in [-0.1, -0.05) is 30.3 Å². The Balaban J connectivity index is 2.16. The Hall–Kier alpha value is -1.54. The van der Waals surface area contributed by atoms with Gasteiger partial charge < -0.3 is 9.84 Å². The van der Waals surface area contributed by atoms with Crippen LogP contribution in [0.3, 0.4) is 0 Å². The number of fused-ring (bicyclic) bond motifs is 1. The van der Waals surface area contributed by atoms with Crippen molar-refractivity contribution in [1.82, 2.24) is 0 Å². The molecule has 0 saturated heterocycles. The summed E-state index contributed by atoms with van der Waals surface area (Å²) in [5.41, 5.74) is 0. The van der Waals surface area contributed by atoms with Crippen molar-refractivity contribution in [1.29, 1.82) is 0 Å². The Kier molecular flexibility index (Phi) is 3.20. The highest BCUT2D eigenvalue weighted by molar-refractivity contribution is 5.83. The molecule has 15 heavy (non-hydrogen) atoms. The van der Waals surface area contributed by atoms with E-state index < -0.39 is 0 Å². The first-order chi connectivity index (χ1) is 7.40. The average molecular weight is 202 g/mol. The number of rotatable bonds is 4. The van der Waals surface area contributed by atoms with Crippen molar-refractivity contribution in [3.8, 4) is 5.75 Å². The molecule has 2 aromatic carbocycles. The highest BCUT2D eigenvalue weighted by atomic mass is 16.5. The van der Waals surface area contributed by atoms with Crippen molar-refractivity contribution in [2.24, 2.45) is 0 Å². The van der Waals surface area contributed by atoms with Gasteiger partial charge in [0.2, 0.25) is 0 Å². The third kappa shape index (κ3) is 2.48. The van der Waals surface area contributed by atoms with Crippen LogP contribution in [0.5, 0.6) is 5.75 Å². The lowest BCUT2D eigenvalue weighted by molar-refractivity contribution is 0.234. The summed E-state index contributed by atoms with van der Waals surface area (Å²) in [5.74, 6) is 0.863. The van der Waals surface area contributed by atoms with Crippen molar-refractivity contribution >= 4 is 10.8 Å². The van der Waals surface area contributed by atoms with Crippen LogP contribution in [-0.2, 0) is 0 Å². The standard InChI is InChI=1S/C13H14O2/c14-8-3-9-15-13-7-6-11-4-1-2-5-12(11)10-13/h1-2,4-7,10,14H,3,8-9H2. The van der Waals surface area contributed by atoms with Gasteiger partial charge in [0.25, 0.3) is 0 Å². The maximum atomic E-state index is 8.64. The summed E-state index contributed by atoms with van der Waals surface area (Å²) in [6.45, 7) is 0.739. The summed E-state index contributed by atoms with van der Waals surface area (Å²) >= 11 is 0. The molecule has 0 amide bonds. The van der Waals surface area contributed by atoms with E-state index in [0.717, 1.165) is 5.75 Å². The maximum Gasteiger partial charge on any atom is 0.119 e. The molecular formula is C13H14O2. The summed E-state index contributed by atoms with van der Waals surface area (Å²) in [7, 11) is 0. The smallest absolute Gasteiger partial charge is 0.119 e. The zero-order valence-electron chi connectivity index (χ0n) is 8.52. The molecule has 2 heteroatoms. The SMILES string of the molecule is OCCCOc1ccc2ccccc2c1. The normalized spacial score (nSPS) is 10.5. The molecule has 2 nitrogen and oxygen atoms in total. The van der Waals surface area contributed by atoms with Gasteiger partial charge >= 0.3 is 0 Å². The van der Waals surface area contributed by atoms with Crippen LogP contribution in [-0.4, -0.2) is 18.3 Å². The molecule has 0 aliphatic heterocycles. The minimum Gasteiger partial charge on any atom is -0.493 e. The van der Waals surface area contributed by atoms with Gasteiger partial charge in [-0.05, 0) is 22.9 Å². The first-order valence-electron chi connectivity index (χ1n) is 5.12. The van der Waals surface area contributed by atoms with E-state index >= 15 is 0 Å². The number of aliphatic hydroxyl groups is 1. The molecule has 0 aliphatic rings. The number of aliphatic hydroxyl groups excluding tert-OH is 1. The fraction of sp³-hybridized carbons (Fsp3) is 0.231. The predicted octanol–water partition coefficient (Wildman–Crippen LogP) is 2.60. The summed E-state index contributed by atoms with van der Waals surface area (Å²) < 4.78 is 5.49. The lowest BCUT2D eigenvalue weighted by atomic mass is 10.1. The number of benzene rings is 2. The van der Waals surface area contributed by atoms with E-state index in [9.17, 15) is 0 Å². The van der Waals surface area contributed by atoms with E-state index in [1.165, 1.54) is 10.8 Å². The topological polar surface area (TPSA) is 29.5 Å². The molecule has 0 aliphatic carbocycles. The van der Waals surface area contributed by atoms with Crippen molar-refractivity contribution in [2.45, 2.75) is 6.42 Å². The summed E-state index contributed by atoms with van der Waals surface area (Å²) in [4.78, 5) is 0. The molecule has 0 heterocycles. The van der Waals surface area contributed by atoms with Crippen molar-refractivity contribution < 1.29 is 9.84 Å². The predicted molar refractivity (Wildman–Crippen MR) is 61.1 cm³/mol. The van der Waals surface area contributed by atoms with E-state index in [1.807, 2.05) is 30.3 Å². The van der Waals surface area contributed by atoms with Crippen LogP contribution in [0.15, 0.2) is 42.5 Å². The van der Waals surface area contributed by atoms with Gasteiger partial charge in [0.1, 0.15) is 5.75 Å². The molecule has 0 unspecified atom stereocenters. The van der Waals surface area contributed by atoms with Crippen LogP contribution in [0.4, 0.5) is 0 Å². The number of hydrogen-bond acceptors (Lipinski definition) is 2. The minimum atomic E-state index is 0.174. The fourth-order valence-corrected chi connectivity index (χ4v) is 1.51. The highest BCUT2D eigenvalue weighted by Crippen LogP contribution is 2.20. The van der Waals surface area contributed by atoms with Gasteiger partial charge in [-0.15, -0.1) is 0 Å². The molecule has 0 fully saturated rings. The van der Waals surface area contributed by atoms with Crippen LogP contribution >= 0.6 is 0 Å². The van der Waals surface area contributed by atoms with Crippen LogP contribution in [0.2, 0.25) is 0 Å². The summed E-state index contributed by atoms with van der Waals surface area (Å²) in [6, 6.07) is 14.2. The van der Waals surface area contributed by atoms with E-state index in [2.05, 4.69) is 12.1 Å². The largest absolute Gasteiger partial charge is 0.493 e. The maximum absolute atomic E-state index is 8.64. The second-order valence-corrected chi connectivity index (χ2v) is 3.43. The molecule has 0 saturated carbocycles. The van der Waals surface area contributed by atoms with Gasteiger partial charge in [-0.3, -0.25) is 0 Å². The first-order valence-corrected chi connectivity index (χ1v) is 5.12. The Morgan fingerprint density at radius 1 is 1.00 bits per heavy atom. The van der Waals surface area contributed by atoms with Gasteiger partial charge in [0.15, 0.2) is 0 Å². The molecule has 2 aromatic rings. The zero-order chi connectivity index (χ0) is 10.5. The Morgan fingerprint density at radius 3 is 2.60 bits per heavy atom. The zero-order valence-corrected chi connectivity index (χ0v) is 8.52. The molecule has 0 aromatic heterocycles. The molecular weight excluding hydrogens is 188 g/mol. The molecule has 2 rings (SSSR count). The van der Waals surface area contributed by atoms with Crippen molar-refractivity contribution in [3.05, 3.63) is 42.5 Å². The van der Waals surface area contributed by atoms with E-state index in [1.54, 1.807) is 0 Å². The Bertz CT molecular complexity index is 437. The Labute approximate surface area is 89.1 Å². The second-order valence-electron chi connectivity index (χ2n) is 3.43. The quantitative estimate of drug-likeness (QED) is 0.772. The van der Waals surface area contributed by atoms with E-state index in [0.29, 0.717) is 13.0 Å². The number of ether oxygens (including phenoxy) is 1. The van der Waals surface area contributed by atoms with E-state index in [4.69, 9.17) is 9.84 Å². The number of hydrogen-bond donors (Lipinski definition) is 1. The summed E-state index contributed by atoms with van der Waals surface area (Å²) in [6.07, 6.45) is 0.673. The van der Waals surface area contributed by atoms with Crippen LogP contribution < -0.4 is 4.74 Å². The second kappa shape index (κ2) is 4.80. The van der Waals surface area contributed by atoms with Gasteiger partial charge in [0, 0.05) is 13.0 Å². The Morgan fingerprint density at radius 2 is 1.80 bits per heavy atom. The molecule has 1 N–H and O–H groups in total. The molecule has 0 spiro atoms. The third-order valence-corrected chi connectivity index (χ3v) is 2.29. The van der Waals surface area contributed by atoms with Crippen LogP contribution in [0.25, 0.3) is 10.8 Å². The molecule has 78 valence electrons.